The van der Waals surface area contributed by atoms with Crippen molar-refractivity contribution in [2.24, 2.45) is 0 Å². The van der Waals surface area contributed by atoms with Gasteiger partial charge in [-0.25, -0.2) is 4.79 Å². The lowest BCUT2D eigenvalue weighted by atomic mass is 10.1. The van der Waals surface area contributed by atoms with Gasteiger partial charge in [-0.05, 0) is 33.3 Å². The monoisotopic (exact) mass is 334 g/mol. The van der Waals surface area contributed by atoms with Crippen molar-refractivity contribution in [2.75, 3.05) is 14.2 Å². The van der Waals surface area contributed by atoms with Crippen LogP contribution in [0.4, 0.5) is 0 Å². The van der Waals surface area contributed by atoms with Crippen LogP contribution in [0.5, 0.6) is 0 Å². The summed E-state index contributed by atoms with van der Waals surface area (Å²) in [6.45, 7) is 5.68. The number of carbonyl (C=O) groups excluding carboxylic acids is 2. The highest BCUT2D eigenvalue weighted by Gasteiger charge is 2.18. The predicted molar refractivity (Wildman–Crippen MR) is 85.6 cm³/mol. The van der Waals surface area contributed by atoms with Gasteiger partial charge in [-0.3, -0.25) is 4.79 Å². The van der Waals surface area contributed by atoms with Crippen LogP contribution in [-0.2, 0) is 22.5 Å². The minimum atomic E-state index is -0.449. The molecule has 0 aromatic carbocycles. The van der Waals surface area contributed by atoms with E-state index in [4.69, 9.17) is 13.7 Å². The fourth-order valence-corrected chi connectivity index (χ4v) is 2.54. The second-order valence-electron chi connectivity index (χ2n) is 5.73. The van der Waals surface area contributed by atoms with Gasteiger partial charge in [-0.1, -0.05) is 5.16 Å². The van der Waals surface area contributed by atoms with E-state index in [0.717, 1.165) is 17.0 Å². The van der Waals surface area contributed by atoms with Crippen molar-refractivity contribution in [3.05, 3.63) is 40.2 Å². The van der Waals surface area contributed by atoms with E-state index in [9.17, 15) is 9.59 Å². The number of esters is 1. The van der Waals surface area contributed by atoms with Gasteiger partial charge in [-0.15, -0.1) is 0 Å². The van der Waals surface area contributed by atoms with E-state index in [2.05, 4.69) is 5.16 Å². The number of ether oxygens (including phenoxy) is 1. The van der Waals surface area contributed by atoms with Crippen LogP contribution in [0.3, 0.4) is 0 Å². The maximum Gasteiger partial charge on any atom is 0.341 e. The van der Waals surface area contributed by atoms with Crippen molar-refractivity contribution in [3.63, 3.8) is 0 Å². The van der Waals surface area contributed by atoms with Crippen molar-refractivity contribution in [2.45, 2.75) is 40.2 Å². The topological polar surface area (TPSA) is 85.8 Å². The molecule has 2 rings (SSSR count). The molecule has 24 heavy (non-hydrogen) atoms. The predicted octanol–water partition coefficient (Wildman–Crippen LogP) is 2.57. The first-order valence-corrected chi connectivity index (χ1v) is 7.66. The van der Waals surface area contributed by atoms with Crippen molar-refractivity contribution in [1.29, 1.82) is 0 Å². The Morgan fingerprint density at radius 1 is 1.25 bits per heavy atom. The van der Waals surface area contributed by atoms with Crippen LogP contribution in [0.25, 0.3) is 0 Å². The first-order valence-electron chi connectivity index (χ1n) is 7.66. The number of amides is 1. The summed E-state index contributed by atoms with van der Waals surface area (Å²) in [5.74, 6) is 1.29. The first-order chi connectivity index (χ1) is 11.3. The number of nitrogens with zero attached hydrogens (tertiary/aromatic N) is 2. The lowest BCUT2D eigenvalue weighted by molar-refractivity contribution is -0.130. The molecule has 0 aliphatic rings. The van der Waals surface area contributed by atoms with Crippen LogP contribution in [-0.4, -0.2) is 36.1 Å². The van der Waals surface area contributed by atoms with Crippen LogP contribution >= 0.6 is 0 Å². The summed E-state index contributed by atoms with van der Waals surface area (Å²) in [4.78, 5) is 25.4. The maximum absolute atomic E-state index is 12.3. The Labute approximate surface area is 140 Å². The maximum atomic E-state index is 12.3. The number of rotatable bonds is 6. The average Bonchev–Trinajstić information content (AvgIpc) is 3.07. The minimum Gasteiger partial charge on any atom is -0.465 e. The summed E-state index contributed by atoms with van der Waals surface area (Å²) in [5.41, 5.74) is 2.16. The summed E-state index contributed by atoms with van der Waals surface area (Å²) in [7, 11) is 3.02. The zero-order valence-corrected chi connectivity index (χ0v) is 14.6. The van der Waals surface area contributed by atoms with Gasteiger partial charge in [0.1, 0.15) is 22.8 Å². The smallest absolute Gasteiger partial charge is 0.341 e. The van der Waals surface area contributed by atoms with Gasteiger partial charge < -0.3 is 18.6 Å². The molecule has 2 aromatic rings. The van der Waals surface area contributed by atoms with E-state index in [-0.39, 0.29) is 12.5 Å². The number of methoxy groups -OCH3 is 1. The Kier molecular flexibility index (Phi) is 5.43. The zero-order valence-electron chi connectivity index (χ0n) is 14.6. The third-order valence-corrected chi connectivity index (χ3v) is 3.96. The Bertz CT molecular complexity index is 725. The van der Waals surface area contributed by atoms with E-state index >= 15 is 0 Å². The first kappa shape index (κ1) is 17.8. The van der Waals surface area contributed by atoms with E-state index in [0.29, 0.717) is 29.9 Å². The van der Waals surface area contributed by atoms with E-state index in [1.807, 2.05) is 13.8 Å². The molecule has 0 fully saturated rings. The summed E-state index contributed by atoms with van der Waals surface area (Å²) in [6.07, 6.45) is 0.928. The van der Waals surface area contributed by atoms with Crippen LogP contribution in [0.2, 0.25) is 0 Å². The molecule has 0 spiro atoms. The Morgan fingerprint density at radius 2 is 1.96 bits per heavy atom. The molecule has 0 saturated carbocycles. The molecule has 130 valence electrons. The molecule has 0 saturated heterocycles. The van der Waals surface area contributed by atoms with Crippen LogP contribution < -0.4 is 0 Å². The number of carbonyl (C=O) groups is 2. The normalized spacial score (nSPS) is 10.7. The van der Waals surface area contributed by atoms with Gasteiger partial charge in [0.25, 0.3) is 0 Å². The summed E-state index contributed by atoms with van der Waals surface area (Å²) < 4.78 is 15.3. The van der Waals surface area contributed by atoms with Gasteiger partial charge in [0, 0.05) is 19.0 Å². The number of hydrogen-bond acceptors (Lipinski definition) is 6. The van der Waals surface area contributed by atoms with Gasteiger partial charge in [0.05, 0.1) is 19.3 Å². The SMILES string of the molecule is COC(=O)c1cc(CN(C)C(=O)CCc2c(C)noc2C)oc1C. The molecule has 7 nitrogen and oxygen atoms in total. The highest BCUT2D eigenvalue weighted by atomic mass is 16.5. The molecule has 2 aromatic heterocycles. The van der Waals surface area contributed by atoms with E-state index < -0.39 is 5.97 Å². The quantitative estimate of drug-likeness (QED) is 0.755. The third-order valence-electron chi connectivity index (χ3n) is 3.96. The molecule has 0 bridgehead atoms. The zero-order chi connectivity index (χ0) is 17.9. The fraction of sp³-hybridized carbons (Fsp3) is 0.471. The lowest BCUT2D eigenvalue weighted by Gasteiger charge is -2.15. The van der Waals surface area contributed by atoms with Gasteiger partial charge in [0.2, 0.25) is 5.91 Å². The van der Waals surface area contributed by atoms with E-state index in [1.165, 1.54) is 7.11 Å². The molecular weight excluding hydrogens is 312 g/mol. The molecule has 0 unspecified atom stereocenters. The third kappa shape index (κ3) is 3.84. The van der Waals surface area contributed by atoms with Crippen molar-refractivity contribution >= 4 is 11.9 Å². The Balaban J connectivity index is 1.95. The van der Waals surface area contributed by atoms with E-state index in [1.54, 1.807) is 24.9 Å². The average molecular weight is 334 g/mol. The van der Waals surface area contributed by atoms with Crippen LogP contribution in [0, 0.1) is 20.8 Å². The molecule has 2 heterocycles. The number of aryl methyl sites for hydroxylation is 3. The molecule has 0 aliphatic heterocycles. The second kappa shape index (κ2) is 7.33. The van der Waals surface area contributed by atoms with Crippen molar-refractivity contribution in [1.82, 2.24) is 10.1 Å². The number of furan rings is 1. The summed E-state index contributed by atoms with van der Waals surface area (Å²) in [5, 5.41) is 3.89. The van der Waals surface area contributed by atoms with Gasteiger partial charge >= 0.3 is 5.97 Å². The highest BCUT2D eigenvalue weighted by Crippen LogP contribution is 2.18. The lowest BCUT2D eigenvalue weighted by Crippen LogP contribution is -2.26. The molecular formula is C17H22N2O5. The Hall–Kier alpha value is -2.57. The summed E-state index contributed by atoms with van der Waals surface area (Å²) in [6, 6.07) is 1.61. The summed E-state index contributed by atoms with van der Waals surface area (Å²) >= 11 is 0. The van der Waals surface area contributed by atoms with Crippen LogP contribution in [0.1, 0.15) is 45.3 Å². The number of aromatic nitrogens is 1. The van der Waals surface area contributed by atoms with Crippen molar-refractivity contribution in [3.8, 4) is 0 Å². The van der Waals surface area contributed by atoms with Gasteiger partial charge in [-0.2, -0.15) is 0 Å². The minimum absolute atomic E-state index is 0.0244. The fourth-order valence-electron chi connectivity index (χ4n) is 2.54. The highest BCUT2D eigenvalue weighted by molar-refractivity contribution is 5.90. The molecule has 0 aliphatic carbocycles. The number of hydrogen-bond donors (Lipinski definition) is 0. The standard InChI is InChI=1S/C17H22N2O5/c1-10-14(12(3)24-18-10)6-7-16(20)19(4)9-13-8-15(11(2)23-13)17(21)22-5/h8H,6-7,9H2,1-5H3. The Morgan fingerprint density at radius 3 is 2.54 bits per heavy atom. The molecule has 0 radical (unpaired) electrons. The van der Waals surface area contributed by atoms with Crippen molar-refractivity contribution < 1.29 is 23.3 Å². The molecule has 7 heteroatoms. The van der Waals surface area contributed by atoms with Gasteiger partial charge in [0.15, 0.2) is 0 Å². The second-order valence-corrected chi connectivity index (χ2v) is 5.73. The molecule has 0 atom stereocenters. The van der Waals surface area contributed by atoms with Crippen LogP contribution in [0.15, 0.2) is 15.0 Å². The largest absolute Gasteiger partial charge is 0.465 e. The molecule has 0 N–H and O–H groups in total. The molecule has 1 amide bonds.